The van der Waals surface area contributed by atoms with Gasteiger partial charge in [-0.1, -0.05) is 18.2 Å². The molecule has 0 aromatic heterocycles. The molecule has 1 unspecified atom stereocenters. The molecular weight excluding hydrogens is 382 g/mol. The van der Waals surface area contributed by atoms with Gasteiger partial charge in [0.05, 0.1) is 11.0 Å². The Morgan fingerprint density at radius 2 is 1.80 bits per heavy atom. The summed E-state index contributed by atoms with van der Waals surface area (Å²) in [7, 11) is 0. The SMILES string of the molecule is CC1=CC2=C(CCCC2=O)N(NC(=O)c2ccccc2)C1c1ccc([N+](=O)[O-])cc1. The van der Waals surface area contributed by atoms with Crippen LogP contribution in [0.4, 0.5) is 5.69 Å². The average molecular weight is 403 g/mol. The van der Waals surface area contributed by atoms with Gasteiger partial charge in [0.2, 0.25) is 0 Å². The van der Waals surface area contributed by atoms with Crippen molar-refractivity contribution in [1.29, 1.82) is 0 Å². The molecule has 0 bridgehead atoms. The topological polar surface area (TPSA) is 92.6 Å². The number of nitro benzene ring substituents is 1. The second-order valence-corrected chi connectivity index (χ2v) is 7.45. The van der Waals surface area contributed by atoms with Gasteiger partial charge in [-0.25, -0.2) is 0 Å². The minimum absolute atomic E-state index is 0.00353. The second-order valence-electron chi connectivity index (χ2n) is 7.45. The molecule has 1 aliphatic carbocycles. The van der Waals surface area contributed by atoms with Crippen molar-refractivity contribution >= 4 is 17.4 Å². The molecule has 2 aromatic carbocycles. The summed E-state index contributed by atoms with van der Waals surface area (Å²) in [4.78, 5) is 36.0. The molecule has 2 aliphatic rings. The molecule has 0 saturated carbocycles. The number of Topliss-reactive ketones (excluding diaryl/α,β-unsaturated/α-hetero) is 1. The number of benzene rings is 2. The first-order chi connectivity index (χ1) is 14.5. The summed E-state index contributed by atoms with van der Waals surface area (Å²) >= 11 is 0. The molecule has 1 heterocycles. The van der Waals surface area contributed by atoms with Crippen LogP contribution in [-0.2, 0) is 4.79 Å². The molecule has 7 nitrogen and oxygen atoms in total. The lowest BCUT2D eigenvalue weighted by Gasteiger charge is -2.41. The van der Waals surface area contributed by atoms with Gasteiger partial charge in [0.1, 0.15) is 0 Å². The number of hydrazine groups is 1. The number of carbonyl (C=O) groups excluding carboxylic acids is 2. The van der Waals surface area contributed by atoms with Crippen molar-refractivity contribution in [2.75, 3.05) is 0 Å². The lowest BCUT2D eigenvalue weighted by molar-refractivity contribution is -0.384. The summed E-state index contributed by atoms with van der Waals surface area (Å²) in [5, 5.41) is 12.8. The predicted molar refractivity (Wildman–Crippen MR) is 111 cm³/mol. The standard InChI is InChI=1S/C23H21N3O4/c1-15-14-19-20(8-5-9-21(19)27)25(24-23(28)17-6-3-2-4-7-17)22(15)16-10-12-18(13-11-16)26(29)30/h2-4,6-7,10-14,22H,5,8-9H2,1H3,(H,24,28). The van der Waals surface area contributed by atoms with Gasteiger partial charge < -0.3 is 0 Å². The molecule has 4 rings (SSSR count). The number of ketones is 1. The third-order valence-corrected chi connectivity index (χ3v) is 5.46. The first kappa shape index (κ1) is 19.6. The van der Waals surface area contributed by atoms with Gasteiger partial charge >= 0.3 is 0 Å². The number of amides is 1. The Morgan fingerprint density at radius 3 is 2.47 bits per heavy atom. The Hall–Kier alpha value is -3.74. The van der Waals surface area contributed by atoms with Crippen molar-refractivity contribution in [1.82, 2.24) is 10.4 Å². The predicted octanol–water partition coefficient (Wildman–Crippen LogP) is 4.25. The average Bonchev–Trinajstić information content (AvgIpc) is 2.75. The minimum atomic E-state index is -0.442. The number of hydrogen-bond acceptors (Lipinski definition) is 5. The summed E-state index contributed by atoms with van der Waals surface area (Å²) in [5.74, 6) is -0.209. The van der Waals surface area contributed by atoms with E-state index in [-0.39, 0.29) is 23.4 Å². The van der Waals surface area contributed by atoms with Gasteiger partial charge in [-0.2, -0.15) is 0 Å². The fourth-order valence-corrected chi connectivity index (χ4v) is 4.01. The summed E-state index contributed by atoms with van der Waals surface area (Å²) in [6.07, 6.45) is 3.76. The largest absolute Gasteiger partial charge is 0.294 e. The molecule has 0 radical (unpaired) electrons. The van der Waals surface area contributed by atoms with Crippen LogP contribution < -0.4 is 5.43 Å². The van der Waals surface area contributed by atoms with Crippen LogP contribution in [0.1, 0.15) is 48.1 Å². The number of carbonyl (C=O) groups is 2. The van der Waals surface area contributed by atoms with Crippen LogP contribution in [0.2, 0.25) is 0 Å². The van der Waals surface area contributed by atoms with E-state index in [9.17, 15) is 19.7 Å². The van der Waals surface area contributed by atoms with Crippen molar-refractivity contribution in [2.24, 2.45) is 0 Å². The van der Waals surface area contributed by atoms with Crippen LogP contribution in [0.3, 0.4) is 0 Å². The van der Waals surface area contributed by atoms with Crippen molar-refractivity contribution in [3.8, 4) is 0 Å². The fraction of sp³-hybridized carbons (Fsp3) is 0.217. The smallest absolute Gasteiger partial charge is 0.269 e. The number of rotatable bonds is 4. The van der Waals surface area contributed by atoms with Gasteiger partial charge in [0, 0.05) is 35.4 Å². The van der Waals surface area contributed by atoms with Crippen molar-refractivity contribution in [2.45, 2.75) is 32.2 Å². The molecule has 0 spiro atoms. The maximum Gasteiger partial charge on any atom is 0.269 e. The van der Waals surface area contributed by atoms with E-state index >= 15 is 0 Å². The molecule has 152 valence electrons. The molecule has 2 aromatic rings. The van der Waals surface area contributed by atoms with Gasteiger partial charge in [0.15, 0.2) is 5.78 Å². The van der Waals surface area contributed by atoms with E-state index in [1.54, 1.807) is 41.4 Å². The Morgan fingerprint density at radius 1 is 1.10 bits per heavy atom. The summed E-state index contributed by atoms with van der Waals surface area (Å²) in [5.41, 5.74) is 6.59. The highest BCUT2D eigenvalue weighted by Crippen LogP contribution is 2.40. The monoisotopic (exact) mass is 403 g/mol. The quantitative estimate of drug-likeness (QED) is 0.609. The van der Waals surface area contributed by atoms with Crippen LogP contribution in [0.25, 0.3) is 0 Å². The molecule has 0 fully saturated rings. The number of allylic oxidation sites excluding steroid dienone is 3. The molecule has 1 aliphatic heterocycles. The Bertz CT molecular complexity index is 1070. The van der Waals surface area contributed by atoms with Crippen molar-refractivity contribution in [3.63, 3.8) is 0 Å². The van der Waals surface area contributed by atoms with E-state index in [2.05, 4.69) is 5.43 Å². The molecule has 1 amide bonds. The zero-order valence-corrected chi connectivity index (χ0v) is 16.5. The number of nitrogens with zero attached hydrogens (tertiary/aromatic N) is 2. The van der Waals surface area contributed by atoms with E-state index in [1.165, 1.54) is 12.1 Å². The van der Waals surface area contributed by atoms with E-state index in [4.69, 9.17) is 0 Å². The number of nitrogens with one attached hydrogen (secondary N) is 1. The summed E-state index contributed by atoms with van der Waals surface area (Å²) in [6, 6.07) is 14.8. The molecule has 0 saturated heterocycles. The van der Waals surface area contributed by atoms with Crippen molar-refractivity contribution < 1.29 is 14.5 Å². The zero-order valence-electron chi connectivity index (χ0n) is 16.5. The number of non-ortho nitro benzene ring substituents is 1. The maximum absolute atomic E-state index is 12.9. The first-order valence-electron chi connectivity index (χ1n) is 9.80. The van der Waals surface area contributed by atoms with Crippen LogP contribution >= 0.6 is 0 Å². The van der Waals surface area contributed by atoms with E-state index in [0.717, 1.165) is 23.3 Å². The highest BCUT2D eigenvalue weighted by atomic mass is 16.6. The van der Waals surface area contributed by atoms with Crippen molar-refractivity contribution in [3.05, 3.63) is 98.8 Å². The maximum atomic E-state index is 12.9. The Labute approximate surface area is 173 Å². The van der Waals surface area contributed by atoms with Crippen LogP contribution in [0.15, 0.2) is 77.5 Å². The number of nitro groups is 1. The van der Waals surface area contributed by atoms with E-state index in [0.29, 0.717) is 24.0 Å². The molecule has 7 heteroatoms. The normalized spacial score (nSPS) is 18.6. The summed E-state index contributed by atoms with van der Waals surface area (Å²) in [6.45, 7) is 1.90. The fourth-order valence-electron chi connectivity index (χ4n) is 4.01. The highest BCUT2D eigenvalue weighted by molar-refractivity contribution is 6.00. The Kier molecular flexibility index (Phi) is 5.18. The van der Waals surface area contributed by atoms with Crippen LogP contribution in [0.5, 0.6) is 0 Å². The van der Waals surface area contributed by atoms with Gasteiger partial charge in [0.25, 0.3) is 11.6 Å². The minimum Gasteiger partial charge on any atom is -0.294 e. The third kappa shape index (κ3) is 3.61. The number of hydrogen-bond donors (Lipinski definition) is 1. The van der Waals surface area contributed by atoms with E-state index in [1.807, 2.05) is 19.1 Å². The first-order valence-corrected chi connectivity index (χ1v) is 9.80. The second kappa shape index (κ2) is 7.94. The van der Waals surface area contributed by atoms with Gasteiger partial charge in [-0.05, 0) is 61.2 Å². The van der Waals surface area contributed by atoms with Crippen LogP contribution in [0, 0.1) is 10.1 Å². The zero-order chi connectivity index (χ0) is 21.3. The lowest BCUT2D eigenvalue weighted by atomic mass is 9.86. The molecule has 30 heavy (non-hydrogen) atoms. The molecule has 1 atom stereocenters. The van der Waals surface area contributed by atoms with Gasteiger partial charge in [-0.3, -0.25) is 30.1 Å². The third-order valence-electron chi connectivity index (χ3n) is 5.46. The molecule has 1 N–H and O–H groups in total. The Balaban J connectivity index is 1.75. The summed E-state index contributed by atoms with van der Waals surface area (Å²) < 4.78 is 0. The lowest BCUT2D eigenvalue weighted by Crippen LogP contribution is -2.47. The highest BCUT2D eigenvalue weighted by Gasteiger charge is 2.35. The van der Waals surface area contributed by atoms with Gasteiger partial charge in [-0.15, -0.1) is 0 Å². The van der Waals surface area contributed by atoms with E-state index < -0.39 is 4.92 Å². The van der Waals surface area contributed by atoms with Crippen LogP contribution in [-0.4, -0.2) is 21.6 Å². The molecular formula is C23H21N3O4.